The zero-order valence-electron chi connectivity index (χ0n) is 7.60. The summed E-state index contributed by atoms with van der Waals surface area (Å²) in [6.45, 7) is 2.02. The molecule has 0 fully saturated rings. The maximum Gasteiger partial charge on any atom is 0.298 e. The summed E-state index contributed by atoms with van der Waals surface area (Å²) in [6.07, 6.45) is 0. The molecule has 0 aliphatic heterocycles. The number of anilines is 1. The van der Waals surface area contributed by atoms with E-state index in [2.05, 4.69) is 0 Å². The molecule has 5 nitrogen and oxygen atoms in total. The second kappa shape index (κ2) is 3.85. The van der Waals surface area contributed by atoms with Crippen LogP contribution in [0.4, 0.5) is 5.69 Å². The topological polar surface area (TPSA) is 89.6 Å². The molecule has 0 amide bonds. The number of rotatable bonds is 3. The van der Waals surface area contributed by atoms with Gasteiger partial charge in [0, 0.05) is 5.69 Å². The van der Waals surface area contributed by atoms with E-state index in [0.717, 1.165) is 6.07 Å². The number of hydrogen-bond acceptors (Lipinski definition) is 4. The molecule has 1 rings (SSSR count). The lowest BCUT2D eigenvalue weighted by atomic mass is 10.3. The fourth-order valence-corrected chi connectivity index (χ4v) is 1.67. The highest BCUT2D eigenvalue weighted by atomic mass is 32.2. The molecule has 0 heterocycles. The van der Waals surface area contributed by atoms with Crippen molar-refractivity contribution in [1.29, 1.82) is 0 Å². The van der Waals surface area contributed by atoms with Crippen molar-refractivity contribution in [1.82, 2.24) is 0 Å². The van der Waals surface area contributed by atoms with Crippen molar-refractivity contribution in [3.63, 3.8) is 0 Å². The predicted molar refractivity (Wildman–Crippen MR) is 51.8 cm³/mol. The van der Waals surface area contributed by atoms with Crippen LogP contribution in [0.25, 0.3) is 0 Å². The molecule has 78 valence electrons. The van der Waals surface area contributed by atoms with Gasteiger partial charge in [-0.3, -0.25) is 4.55 Å². The lowest BCUT2D eigenvalue weighted by Gasteiger charge is -2.07. The quantitative estimate of drug-likeness (QED) is 0.580. The molecule has 0 bridgehead atoms. The van der Waals surface area contributed by atoms with Crippen LogP contribution in [0.15, 0.2) is 23.1 Å². The van der Waals surface area contributed by atoms with E-state index in [1.54, 1.807) is 6.92 Å². The smallest absolute Gasteiger partial charge is 0.298 e. The van der Waals surface area contributed by atoms with Crippen molar-refractivity contribution in [2.24, 2.45) is 0 Å². The summed E-state index contributed by atoms with van der Waals surface area (Å²) in [5.41, 5.74) is 5.64. The number of benzene rings is 1. The Bertz CT molecular complexity index is 427. The van der Waals surface area contributed by atoms with Gasteiger partial charge < -0.3 is 10.5 Å². The largest absolute Gasteiger partial charge is 0.492 e. The summed E-state index contributed by atoms with van der Waals surface area (Å²) in [7, 11) is -4.28. The zero-order chi connectivity index (χ0) is 10.8. The minimum Gasteiger partial charge on any atom is -0.492 e. The molecule has 0 atom stereocenters. The number of nitrogen functional groups attached to an aromatic ring is 1. The molecule has 3 N–H and O–H groups in total. The molecule has 0 aromatic heterocycles. The van der Waals surface area contributed by atoms with Crippen molar-refractivity contribution in [3.8, 4) is 5.75 Å². The molecule has 14 heavy (non-hydrogen) atoms. The van der Waals surface area contributed by atoms with Crippen molar-refractivity contribution < 1.29 is 17.7 Å². The third-order valence-electron chi connectivity index (χ3n) is 1.55. The van der Waals surface area contributed by atoms with Crippen LogP contribution in [-0.2, 0) is 10.1 Å². The number of ether oxygens (including phenoxy) is 1. The molecule has 6 heteroatoms. The first-order chi connectivity index (χ1) is 6.45. The second-order valence-electron chi connectivity index (χ2n) is 2.61. The van der Waals surface area contributed by atoms with Gasteiger partial charge in [-0.2, -0.15) is 8.42 Å². The molecule has 0 spiro atoms. The first-order valence-electron chi connectivity index (χ1n) is 3.95. The van der Waals surface area contributed by atoms with Crippen LogP contribution in [0.1, 0.15) is 6.92 Å². The Labute approximate surface area is 82.2 Å². The van der Waals surface area contributed by atoms with E-state index in [-0.39, 0.29) is 16.3 Å². The maximum atomic E-state index is 10.9. The summed E-state index contributed by atoms with van der Waals surface area (Å²) >= 11 is 0. The Hall–Kier alpha value is -1.27. The molecule has 0 unspecified atom stereocenters. The molecular formula is C8H11NO4S. The van der Waals surface area contributed by atoms with Crippen molar-refractivity contribution in [2.45, 2.75) is 11.8 Å². The molecule has 0 aliphatic carbocycles. The van der Waals surface area contributed by atoms with Gasteiger partial charge in [-0.15, -0.1) is 0 Å². The van der Waals surface area contributed by atoms with Crippen LogP contribution >= 0.6 is 0 Å². The molecule has 0 radical (unpaired) electrons. The highest BCUT2D eigenvalue weighted by molar-refractivity contribution is 7.86. The normalized spacial score (nSPS) is 11.3. The van der Waals surface area contributed by atoms with Crippen molar-refractivity contribution in [2.75, 3.05) is 12.3 Å². The van der Waals surface area contributed by atoms with Gasteiger partial charge in [-0.05, 0) is 25.1 Å². The Morgan fingerprint density at radius 2 is 2.14 bits per heavy atom. The van der Waals surface area contributed by atoms with Gasteiger partial charge >= 0.3 is 0 Å². The Kier molecular flexibility index (Phi) is 2.97. The third kappa shape index (κ3) is 2.36. The summed E-state index contributed by atoms with van der Waals surface area (Å²) in [6, 6.07) is 4.06. The lowest BCUT2D eigenvalue weighted by Crippen LogP contribution is -2.04. The average Bonchev–Trinajstić information content (AvgIpc) is 2.07. The van der Waals surface area contributed by atoms with E-state index in [1.807, 2.05) is 0 Å². The van der Waals surface area contributed by atoms with E-state index in [1.165, 1.54) is 12.1 Å². The fourth-order valence-electron chi connectivity index (χ4n) is 1.00. The highest BCUT2D eigenvalue weighted by Crippen LogP contribution is 2.25. The molecule has 0 aliphatic rings. The monoisotopic (exact) mass is 217 g/mol. The van der Waals surface area contributed by atoms with Gasteiger partial charge in [-0.1, -0.05) is 0 Å². The van der Waals surface area contributed by atoms with Crippen LogP contribution in [0.5, 0.6) is 5.75 Å². The minimum atomic E-state index is -4.28. The minimum absolute atomic E-state index is 0.101. The fraction of sp³-hybridized carbons (Fsp3) is 0.250. The van der Waals surface area contributed by atoms with Gasteiger partial charge in [0.1, 0.15) is 10.6 Å². The Morgan fingerprint density at radius 3 is 2.64 bits per heavy atom. The van der Waals surface area contributed by atoms with E-state index < -0.39 is 10.1 Å². The molecule has 1 aromatic rings. The molecule has 1 aromatic carbocycles. The first-order valence-corrected chi connectivity index (χ1v) is 5.39. The molecular weight excluding hydrogens is 206 g/mol. The van der Waals surface area contributed by atoms with Crippen molar-refractivity contribution >= 4 is 15.8 Å². The Balaban J connectivity index is 3.30. The van der Waals surface area contributed by atoms with Crippen LogP contribution in [0, 0.1) is 0 Å². The molecule has 0 saturated carbocycles. The van der Waals surface area contributed by atoms with E-state index >= 15 is 0 Å². The van der Waals surface area contributed by atoms with E-state index in [9.17, 15) is 8.42 Å². The zero-order valence-corrected chi connectivity index (χ0v) is 8.41. The standard InChI is InChI=1S/C8H11NO4S/c1-2-13-7-4-3-6(9)5-8(7)14(10,11)12/h3-5H,2,9H2,1H3,(H,10,11,12). The SMILES string of the molecule is CCOc1ccc(N)cc1S(=O)(=O)O. The maximum absolute atomic E-state index is 10.9. The number of nitrogens with two attached hydrogens (primary N) is 1. The van der Waals surface area contributed by atoms with Crippen LogP contribution in [0.2, 0.25) is 0 Å². The van der Waals surface area contributed by atoms with E-state index in [0.29, 0.717) is 6.61 Å². The first kappa shape index (κ1) is 10.8. The summed E-state index contributed by atoms with van der Waals surface area (Å²) in [5, 5.41) is 0. The lowest BCUT2D eigenvalue weighted by molar-refractivity contribution is 0.329. The van der Waals surface area contributed by atoms with Gasteiger partial charge in [0.05, 0.1) is 6.61 Å². The summed E-state index contributed by atoms with van der Waals surface area (Å²) < 4.78 is 35.7. The average molecular weight is 217 g/mol. The third-order valence-corrected chi connectivity index (χ3v) is 2.42. The summed E-state index contributed by atoms with van der Waals surface area (Å²) in [4.78, 5) is -0.306. The predicted octanol–water partition coefficient (Wildman–Crippen LogP) is 0.914. The van der Waals surface area contributed by atoms with E-state index in [4.69, 9.17) is 15.0 Å². The van der Waals surface area contributed by atoms with Gasteiger partial charge in [0.15, 0.2) is 0 Å². The Morgan fingerprint density at radius 1 is 1.50 bits per heavy atom. The van der Waals surface area contributed by atoms with Crippen molar-refractivity contribution in [3.05, 3.63) is 18.2 Å². The van der Waals surface area contributed by atoms with Gasteiger partial charge in [0.25, 0.3) is 10.1 Å². The number of hydrogen-bond donors (Lipinski definition) is 2. The van der Waals surface area contributed by atoms with Crippen LogP contribution < -0.4 is 10.5 Å². The second-order valence-corrected chi connectivity index (χ2v) is 4.00. The van der Waals surface area contributed by atoms with Crippen LogP contribution in [-0.4, -0.2) is 19.6 Å². The van der Waals surface area contributed by atoms with Gasteiger partial charge in [0.2, 0.25) is 0 Å². The molecule has 0 saturated heterocycles. The summed E-state index contributed by atoms with van der Waals surface area (Å²) in [5.74, 6) is 0.101. The van der Waals surface area contributed by atoms with Gasteiger partial charge in [-0.25, -0.2) is 0 Å². The van der Waals surface area contributed by atoms with Crippen LogP contribution in [0.3, 0.4) is 0 Å². The highest BCUT2D eigenvalue weighted by Gasteiger charge is 2.16.